The first-order valence-corrected chi connectivity index (χ1v) is 9.30. The molecule has 2 aromatic rings. The van der Waals surface area contributed by atoms with E-state index in [1.165, 1.54) is 0 Å². The van der Waals surface area contributed by atoms with Gasteiger partial charge in [-0.05, 0) is 30.9 Å². The molecule has 2 amide bonds. The summed E-state index contributed by atoms with van der Waals surface area (Å²) in [4.78, 5) is 27.2. The minimum Gasteiger partial charge on any atom is -0.355 e. The van der Waals surface area contributed by atoms with Gasteiger partial charge in [0.25, 0.3) is 0 Å². The Morgan fingerprint density at radius 3 is 2.04 bits per heavy atom. The van der Waals surface area contributed by atoms with E-state index in [4.69, 9.17) is 0 Å². The number of aryl methyl sites for hydroxylation is 1. The molecule has 0 unspecified atom stereocenters. The molecule has 0 saturated heterocycles. The lowest BCUT2D eigenvalue weighted by Gasteiger charge is -2.30. The summed E-state index contributed by atoms with van der Waals surface area (Å²) in [5.41, 5.74) is 2.16. The third-order valence-corrected chi connectivity index (χ3v) is 4.40. The minimum atomic E-state index is -0.446. The van der Waals surface area contributed by atoms with Gasteiger partial charge in [0.1, 0.15) is 6.04 Å². The second kappa shape index (κ2) is 10.4. The summed E-state index contributed by atoms with van der Waals surface area (Å²) >= 11 is 0. The summed E-state index contributed by atoms with van der Waals surface area (Å²) < 4.78 is 0. The third-order valence-electron chi connectivity index (χ3n) is 4.40. The van der Waals surface area contributed by atoms with Crippen molar-refractivity contribution in [3.8, 4) is 0 Å². The fourth-order valence-electron chi connectivity index (χ4n) is 3.03. The highest BCUT2D eigenvalue weighted by atomic mass is 16.2. The number of benzene rings is 2. The SMILES string of the molecule is CCNC(=O)[C@@H](CC)N(Cc1ccccc1)C(=O)CCc1ccccc1. The van der Waals surface area contributed by atoms with Gasteiger partial charge in [0.05, 0.1) is 0 Å². The van der Waals surface area contributed by atoms with E-state index in [-0.39, 0.29) is 11.8 Å². The summed E-state index contributed by atoms with van der Waals surface area (Å²) in [6.07, 6.45) is 1.67. The van der Waals surface area contributed by atoms with Crippen molar-refractivity contribution >= 4 is 11.8 Å². The lowest BCUT2D eigenvalue weighted by Crippen LogP contribution is -2.49. The van der Waals surface area contributed by atoms with Gasteiger partial charge in [-0.15, -0.1) is 0 Å². The molecule has 0 aliphatic carbocycles. The van der Waals surface area contributed by atoms with E-state index in [0.717, 1.165) is 11.1 Å². The van der Waals surface area contributed by atoms with Gasteiger partial charge in [-0.1, -0.05) is 67.6 Å². The first-order valence-electron chi connectivity index (χ1n) is 9.30. The monoisotopic (exact) mass is 352 g/mol. The molecule has 4 heteroatoms. The van der Waals surface area contributed by atoms with E-state index in [1.54, 1.807) is 4.90 Å². The molecule has 0 bridgehead atoms. The molecule has 0 aliphatic heterocycles. The highest BCUT2D eigenvalue weighted by Crippen LogP contribution is 2.15. The van der Waals surface area contributed by atoms with E-state index in [9.17, 15) is 9.59 Å². The number of nitrogens with one attached hydrogen (secondary N) is 1. The number of rotatable bonds is 9. The first kappa shape index (κ1) is 19.7. The van der Waals surface area contributed by atoms with Crippen LogP contribution in [0, 0.1) is 0 Å². The van der Waals surface area contributed by atoms with Crippen LogP contribution in [-0.4, -0.2) is 29.3 Å². The molecule has 1 atom stereocenters. The molecule has 0 saturated carbocycles. The molecule has 138 valence electrons. The van der Waals surface area contributed by atoms with Crippen LogP contribution in [0.2, 0.25) is 0 Å². The van der Waals surface area contributed by atoms with Crippen molar-refractivity contribution in [1.29, 1.82) is 0 Å². The van der Waals surface area contributed by atoms with Crippen LogP contribution in [0.3, 0.4) is 0 Å². The number of carbonyl (C=O) groups excluding carboxylic acids is 2. The number of hydrogen-bond donors (Lipinski definition) is 1. The van der Waals surface area contributed by atoms with Crippen LogP contribution in [0.15, 0.2) is 60.7 Å². The van der Waals surface area contributed by atoms with Gasteiger partial charge in [-0.2, -0.15) is 0 Å². The van der Waals surface area contributed by atoms with Crippen LogP contribution in [0.25, 0.3) is 0 Å². The number of carbonyl (C=O) groups is 2. The molecule has 4 nitrogen and oxygen atoms in total. The topological polar surface area (TPSA) is 49.4 Å². The molecule has 26 heavy (non-hydrogen) atoms. The van der Waals surface area contributed by atoms with E-state index >= 15 is 0 Å². The van der Waals surface area contributed by atoms with Crippen molar-refractivity contribution < 1.29 is 9.59 Å². The van der Waals surface area contributed by atoms with Crippen LogP contribution in [0.4, 0.5) is 0 Å². The molecule has 0 aliphatic rings. The maximum absolute atomic E-state index is 13.0. The predicted octanol–water partition coefficient (Wildman–Crippen LogP) is 3.56. The van der Waals surface area contributed by atoms with Crippen molar-refractivity contribution in [2.45, 2.75) is 45.7 Å². The molecule has 0 heterocycles. The Bertz CT molecular complexity index is 686. The molecule has 0 radical (unpaired) electrons. The van der Waals surface area contributed by atoms with E-state index in [1.807, 2.05) is 74.5 Å². The summed E-state index contributed by atoms with van der Waals surface area (Å²) in [5, 5.41) is 2.86. The highest BCUT2D eigenvalue weighted by Gasteiger charge is 2.27. The Morgan fingerprint density at radius 1 is 0.923 bits per heavy atom. The third kappa shape index (κ3) is 5.73. The summed E-state index contributed by atoms with van der Waals surface area (Å²) in [6, 6.07) is 19.4. The van der Waals surface area contributed by atoms with Crippen molar-refractivity contribution in [2.75, 3.05) is 6.54 Å². The summed E-state index contributed by atoms with van der Waals surface area (Å²) in [6.45, 7) is 4.85. The smallest absolute Gasteiger partial charge is 0.242 e. The number of nitrogens with zero attached hydrogens (tertiary/aromatic N) is 1. The lowest BCUT2D eigenvalue weighted by molar-refractivity contribution is -0.141. The van der Waals surface area contributed by atoms with Crippen molar-refractivity contribution in [1.82, 2.24) is 10.2 Å². The standard InChI is InChI=1S/C22H28N2O2/c1-3-20(22(26)23-4-2)24(17-19-13-9-6-10-14-19)21(25)16-15-18-11-7-5-8-12-18/h5-14,20H,3-4,15-17H2,1-2H3,(H,23,26)/t20-/m1/s1. The molecule has 2 aromatic carbocycles. The highest BCUT2D eigenvalue weighted by molar-refractivity contribution is 5.87. The van der Waals surface area contributed by atoms with Gasteiger partial charge >= 0.3 is 0 Å². The summed E-state index contributed by atoms with van der Waals surface area (Å²) in [5.74, 6) is -0.0743. The van der Waals surface area contributed by atoms with Gasteiger partial charge in [0, 0.05) is 19.5 Å². The van der Waals surface area contributed by atoms with Gasteiger partial charge < -0.3 is 10.2 Å². The Morgan fingerprint density at radius 2 is 1.50 bits per heavy atom. The van der Waals surface area contributed by atoms with Gasteiger partial charge in [0.2, 0.25) is 11.8 Å². The minimum absolute atomic E-state index is 0.0100. The largest absolute Gasteiger partial charge is 0.355 e. The predicted molar refractivity (Wildman–Crippen MR) is 105 cm³/mol. The Labute approximate surface area is 156 Å². The Hall–Kier alpha value is -2.62. The first-order chi connectivity index (χ1) is 12.7. The van der Waals surface area contributed by atoms with E-state index in [0.29, 0.717) is 32.4 Å². The van der Waals surface area contributed by atoms with Crippen LogP contribution >= 0.6 is 0 Å². The number of likely N-dealkylation sites (N-methyl/N-ethyl adjacent to an activating group) is 1. The molecular formula is C22H28N2O2. The quantitative estimate of drug-likeness (QED) is 0.750. The molecule has 0 fully saturated rings. The molecular weight excluding hydrogens is 324 g/mol. The molecule has 0 aromatic heterocycles. The molecule has 1 N–H and O–H groups in total. The average Bonchev–Trinajstić information content (AvgIpc) is 2.68. The zero-order valence-corrected chi connectivity index (χ0v) is 15.7. The van der Waals surface area contributed by atoms with Gasteiger partial charge in [-0.3, -0.25) is 9.59 Å². The maximum Gasteiger partial charge on any atom is 0.242 e. The van der Waals surface area contributed by atoms with Gasteiger partial charge in [0.15, 0.2) is 0 Å². The van der Waals surface area contributed by atoms with Crippen LogP contribution in [0.1, 0.15) is 37.8 Å². The van der Waals surface area contributed by atoms with Crippen LogP contribution in [-0.2, 0) is 22.6 Å². The Balaban J connectivity index is 2.14. The average molecular weight is 352 g/mol. The second-order valence-electron chi connectivity index (χ2n) is 6.31. The van der Waals surface area contributed by atoms with Crippen LogP contribution in [0.5, 0.6) is 0 Å². The normalized spacial score (nSPS) is 11.6. The number of amides is 2. The number of hydrogen-bond acceptors (Lipinski definition) is 2. The molecule has 0 spiro atoms. The Kier molecular flexibility index (Phi) is 7.87. The second-order valence-corrected chi connectivity index (χ2v) is 6.31. The fraction of sp³-hybridized carbons (Fsp3) is 0.364. The fourth-order valence-corrected chi connectivity index (χ4v) is 3.03. The van der Waals surface area contributed by atoms with E-state index in [2.05, 4.69) is 5.32 Å². The van der Waals surface area contributed by atoms with Crippen molar-refractivity contribution in [2.24, 2.45) is 0 Å². The lowest BCUT2D eigenvalue weighted by atomic mass is 10.1. The van der Waals surface area contributed by atoms with Gasteiger partial charge in [-0.25, -0.2) is 0 Å². The maximum atomic E-state index is 13.0. The van der Waals surface area contributed by atoms with E-state index < -0.39 is 6.04 Å². The molecule has 2 rings (SSSR count). The zero-order chi connectivity index (χ0) is 18.8. The summed E-state index contributed by atoms with van der Waals surface area (Å²) in [7, 11) is 0. The van der Waals surface area contributed by atoms with Crippen molar-refractivity contribution in [3.05, 3.63) is 71.8 Å². The van der Waals surface area contributed by atoms with Crippen LogP contribution < -0.4 is 5.32 Å². The zero-order valence-electron chi connectivity index (χ0n) is 15.7. The van der Waals surface area contributed by atoms with Crippen molar-refractivity contribution in [3.63, 3.8) is 0 Å².